The van der Waals surface area contributed by atoms with Gasteiger partial charge in [0.25, 0.3) is 0 Å². The minimum absolute atomic E-state index is 0.00445. The van der Waals surface area contributed by atoms with Gasteiger partial charge in [0.05, 0.1) is 31.5 Å². The average Bonchev–Trinajstić information content (AvgIpc) is 3.47. The summed E-state index contributed by atoms with van der Waals surface area (Å²) in [6.07, 6.45) is 7.51. The molecule has 5 aromatic rings. The molecule has 31 heavy (non-hydrogen) atoms. The third-order valence-electron chi connectivity index (χ3n) is 5.22. The van der Waals surface area contributed by atoms with Gasteiger partial charge in [-0.15, -0.1) is 5.10 Å². The quantitative estimate of drug-likeness (QED) is 0.460. The maximum Gasteiger partial charge on any atom is 0.184 e. The Kier molecular flexibility index (Phi) is 4.83. The smallest absolute Gasteiger partial charge is 0.184 e. The van der Waals surface area contributed by atoms with Gasteiger partial charge in [0.15, 0.2) is 11.6 Å². The molecule has 8 heteroatoms. The summed E-state index contributed by atoms with van der Waals surface area (Å²) in [6.45, 7) is 2.86. The van der Waals surface area contributed by atoms with Crippen LogP contribution in [-0.4, -0.2) is 40.7 Å². The van der Waals surface area contributed by atoms with Gasteiger partial charge < -0.3 is 9.51 Å². The predicted molar refractivity (Wildman–Crippen MR) is 115 cm³/mol. The number of aromatic nitrogens is 6. The lowest BCUT2D eigenvalue weighted by molar-refractivity contribution is 0.269. The lowest BCUT2D eigenvalue weighted by Gasteiger charge is -2.05. The molecule has 1 aromatic carbocycles. The van der Waals surface area contributed by atoms with Gasteiger partial charge in [-0.3, -0.25) is 4.68 Å². The van der Waals surface area contributed by atoms with Crippen molar-refractivity contribution >= 4 is 5.52 Å². The fraction of sp³-hybridized carbons (Fsp3) is 0.174. The summed E-state index contributed by atoms with van der Waals surface area (Å²) in [5.74, 6) is 0.940. The number of aliphatic hydroxyl groups excluding tert-OH is 1. The Labute approximate surface area is 178 Å². The van der Waals surface area contributed by atoms with E-state index in [1.165, 1.54) is 12.1 Å². The van der Waals surface area contributed by atoms with E-state index in [4.69, 9.17) is 15.2 Å². The van der Waals surface area contributed by atoms with Crippen molar-refractivity contribution in [1.29, 1.82) is 0 Å². The molecule has 4 heterocycles. The van der Waals surface area contributed by atoms with E-state index >= 15 is 0 Å². The van der Waals surface area contributed by atoms with Crippen LogP contribution in [0.4, 0.5) is 4.39 Å². The van der Waals surface area contributed by atoms with Gasteiger partial charge in [0.1, 0.15) is 5.82 Å². The number of pyridine rings is 1. The molecule has 1 N–H and O–H groups in total. The van der Waals surface area contributed by atoms with Crippen LogP contribution in [0.3, 0.4) is 0 Å². The molecule has 0 aliphatic heterocycles. The second kappa shape index (κ2) is 7.81. The molecule has 5 rings (SSSR count). The number of hydrogen-bond donors (Lipinski definition) is 1. The summed E-state index contributed by atoms with van der Waals surface area (Å²) >= 11 is 0. The van der Waals surface area contributed by atoms with Gasteiger partial charge in [-0.2, -0.15) is 5.10 Å². The molecule has 0 radical (unpaired) electrons. The molecular formula is C23H21FN6O. The fourth-order valence-corrected chi connectivity index (χ4v) is 3.71. The highest BCUT2D eigenvalue weighted by molar-refractivity contribution is 5.69. The number of aliphatic hydroxyl groups is 1. The number of halogens is 1. The maximum absolute atomic E-state index is 13.7. The van der Waals surface area contributed by atoms with Gasteiger partial charge >= 0.3 is 0 Å². The molecule has 0 aliphatic carbocycles. The number of rotatable bonds is 6. The van der Waals surface area contributed by atoms with Gasteiger partial charge in [-0.25, -0.2) is 14.1 Å². The number of benzene rings is 1. The van der Waals surface area contributed by atoms with E-state index in [0.717, 1.165) is 27.8 Å². The highest BCUT2D eigenvalue weighted by Crippen LogP contribution is 2.26. The molecule has 0 aliphatic rings. The number of fused-ring (bicyclic) bond motifs is 1. The monoisotopic (exact) mass is 416 g/mol. The second-order valence-electron chi connectivity index (χ2n) is 7.47. The average molecular weight is 416 g/mol. The zero-order chi connectivity index (χ0) is 21.4. The second-order valence-corrected chi connectivity index (χ2v) is 7.47. The molecule has 0 unspecified atom stereocenters. The highest BCUT2D eigenvalue weighted by atomic mass is 19.1. The Morgan fingerprint density at radius 3 is 2.77 bits per heavy atom. The van der Waals surface area contributed by atoms with Crippen LogP contribution in [0.25, 0.3) is 28.3 Å². The first-order valence-corrected chi connectivity index (χ1v) is 10.0. The van der Waals surface area contributed by atoms with Crippen molar-refractivity contribution in [1.82, 2.24) is 28.9 Å². The fourth-order valence-electron chi connectivity index (χ4n) is 3.71. The third kappa shape index (κ3) is 3.73. The minimum atomic E-state index is -0.283. The lowest BCUT2D eigenvalue weighted by atomic mass is 10.2. The molecule has 4 aromatic heterocycles. The zero-order valence-electron chi connectivity index (χ0n) is 17.0. The Balaban J connectivity index is 1.61. The van der Waals surface area contributed by atoms with Crippen molar-refractivity contribution in [3.8, 4) is 22.8 Å². The summed E-state index contributed by atoms with van der Waals surface area (Å²) in [4.78, 5) is 4.80. The number of hydrogen-bond acceptors (Lipinski definition) is 4. The normalized spacial score (nSPS) is 11.5. The van der Waals surface area contributed by atoms with Crippen LogP contribution in [0, 0.1) is 12.7 Å². The van der Waals surface area contributed by atoms with Crippen molar-refractivity contribution in [3.63, 3.8) is 0 Å². The van der Waals surface area contributed by atoms with E-state index in [2.05, 4.69) is 28.6 Å². The van der Waals surface area contributed by atoms with Crippen molar-refractivity contribution in [2.75, 3.05) is 6.61 Å². The molecule has 0 saturated heterocycles. The third-order valence-corrected chi connectivity index (χ3v) is 5.22. The summed E-state index contributed by atoms with van der Waals surface area (Å²) in [5.41, 5.74) is 4.74. The number of nitrogens with zero attached hydrogens (tertiary/aromatic N) is 6. The highest BCUT2D eigenvalue weighted by Gasteiger charge is 2.17. The molecule has 0 atom stereocenters. The van der Waals surface area contributed by atoms with Crippen LogP contribution in [0.1, 0.15) is 11.1 Å². The first-order chi connectivity index (χ1) is 15.1. The molecular weight excluding hydrogens is 395 g/mol. The molecule has 7 nitrogen and oxygen atoms in total. The Bertz CT molecular complexity index is 1370. The standard InChI is InChI=1S/C23H21FN6O/c1-16-4-3-7-28-14-18(11-21(16)28)23-26-22(19-12-25-29(15-19)8-9-31)27-30(23)13-17-5-2-6-20(24)10-17/h2-7,10-12,14-15,31H,8-9,13H2,1H3. The maximum atomic E-state index is 13.7. The van der Waals surface area contributed by atoms with Crippen LogP contribution in [0.2, 0.25) is 0 Å². The van der Waals surface area contributed by atoms with Gasteiger partial charge in [-0.05, 0) is 42.3 Å². The van der Waals surface area contributed by atoms with E-state index in [0.29, 0.717) is 24.7 Å². The van der Waals surface area contributed by atoms with Crippen molar-refractivity contribution < 1.29 is 9.50 Å². The lowest BCUT2D eigenvalue weighted by Crippen LogP contribution is -2.04. The summed E-state index contributed by atoms with van der Waals surface area (Å²) < 4.78 is 19.2. The minimum Gasteiger partial charge on any atom is -0.394 e. The Morgan fingerprint density at radius 2 is 1.97 bits per heavy atom. The molecule has 0 saturated carbocycles. The molecule has 156 valence electrons. The number of aryl methyl sites for hydroxylation is 1. The molecule has 0 bridgehead atoms. The molecule has 0 spiro atoms. The summed E-state index contributed by atoms with van der Waals surface area (Å²) in [5, 5.41) is 18.1. The van der Waals surface area contributed by atoms with E-state index in [1.54, 1.807) is 21.6 Å². The van der Waals surface area contributed by atoms with Gasteiger partial charge in [0, 0.05) is 29.7 Å². The first-order valence-electron chi connectivity index (χ1n) is 10.0. The molecule has 0 fully saturated rings. The van der Waals surface area contributed by atoms with E-state index in [-0.39, 0.29) is 12.4 Å². The van der Waals surface area contributed by atoms with Crippen LogP contribution in [-0.2, 0) is 13.1 Å². The van der Waals surface area contributed by atoms with Crippen molar-refractivity contribution in [2.24, 2.45) is 0 Å². The zero-order valence-corrected chi connectivity index (χ0v) is 17.0. The largest absolute Gasteiger partial charge is 0.394 e. The van der Waals surface area contributed by atoms with Crippen LogP contribution in [0.5, 0.6) is 0 Å². The summed E-state index contributed by atoms with van der Waals surface area (Å²) in [6, 6.07) is 12.6. The SMILES string of the molecule is Cc1cccn2cc(-c3nc(-c4cnn(CCO)c4)nn3Cc3cccc(F)c3)cc12. The van der Waals surface area contributed by atoms with Crippen molar-refractivity contribution in [2.45, 2.75) is 20.0 Å². The summed E-state index contributed by atoms with van der Waals surface area (Å²) in [7, 11) is 0. The van der Waals surface area contributed by atoms with Crippen molar-refractivity contribution in [3.05, 3.63) is 84.2 Å². The van der Waals surface area contributed by atoms with Crippen LogP contribution < -0.4 is 0 Å². The van der Waals surface area contributed by atoms with Gasteiger partial charge in [-0.1, -0.05) is 18.2 Å². The molecule has 0 amide bonds. The Hall–Kier alpha value is -3.78. The van der Waals surface area contributed by atoms with E-state index in [9.17, 15) is 4.39 Å². The van der Waals surface area contributed by atoms with Crippen LogP contribution in [0.15, 0.2) is 67.3 Å². The Morgan fingerprint density at radius 1 is 1.06 bits per heavy atom. The first kappa shape index (κ1) is 19.2. The van der Waals surface area contributed by atoms with Gasteiger partial charge in [0.2, 0.25) is 0 Å². The van der Waals surface area contributed by atoms with E-state index < -0.39 is 0 Å². The topological polar surface area (TPSA) is 73.2 Å². The predicted octanol–water partition coefficient (Wildman–Crippen LogP) is 3.55. The van der Waals surface area contributed by atoms with Crippen LogP contribution >= 0.6 is 0 Å². The van der Waals surface area contributed by atoms with E-state index in [1.807, 2.05) is 30.7 Å².